The van der Waals surface area contributed by atoms with Crippen LogP contribution in [0.4, 0.5) is 10.5 Å². The van der Waals surface area contributed by atoms with Crippen LogP contribution in [0, 0.1) is 11.3 Å². The molecule has 0 saturated heterocycles. The molecule has 4 aromatic rings. The summed E-state index contributed by atoms with van der Waals surface area (Å²) in [7, 11) is 0. The summed E-state index contributed by atoms with van der Waals surface area (Å²) in [5.41, 5.74) is 5.33. The van der Waals surface area contributed by atoms with Gasteiger partial charge in [0, 0.05) is 30.2 Å². The minimum absolute atomic E-state index is 0.241. The van der Waals surface area contributed by atoms with Gasteiger partial charge in [-0.2, -0.15) is 5.26 Å². The van der Waals surface area contributed by atoms with Crippen LogP contribution in [0.25, 0.3) is 22.2 Å². The van der Waals surface area contributed by atoms with Crippen molar-refractivity contribution in [2.75, 3.05) is 18.5 Å². The number of fused-ring (bicyclic) bond motifs is 1. The highest BCUT2D eigenvalue weighted by Crippen LogP contribution is 2.36. The third kappa shape index (κ3) is 5.47. The van der Waals surface area contributed by atoms with Crippen molar-refractivity contribution in [3.05, 3.63) is 83.9 Å². The van der Waals surface area contributed by atoms with Crippen molar-refractivity contribution >= 4 is 22.6 Å². The zero-order valence-electron chi connectivity index (χ0n) is 20.2. The van der Waals surface area contributed by atoms with Crippen LogP contribution in [0.3, 0.4) is 0 Å². The van der Waals surface area contributed by atoms with Gasteiger partial charge in [0.15, 0.2) is 0 Å². The predicted octanol–water partition coefficient (Wildman–Crippen LogP) is 6.35. The number of nitrogens with one attached hydrogen (secondary N) is 2. The molecule has 0 aliphatic heterocycles. The first-order chi connectivity index (χ1) is 17.1. The fraction of sp³-hybridized carbons (Fsp3) is 0.241. The summed E-state index contributed by atoms with van der Waals surface area (Å²) in [5.74, 6) is 0.795. The van der Waals surface area contributed by atoms with Crippen molar-refractivity contribution in [2.24, 2.45) is 0 Å². The quantitative estimate of drug-likeness (QED) is 0.301. The van der Waals surface area contributed by atoms with E-state index >= 15 is 0 Å². The second kappa shape index (κ2) is 11.3. The molecule has 178 valence electrons. The maximum Gasteiger partial charge on any atom is 0.319 e. The molecule has 2 N–H and O–H groups in total. The zero-order valence-corrected chi connectivity index (χ0v) is 20.2. The van der Waals surface area contributed by atoms with Crippen LogP contribution in [0.5, 0.6) is 5.75 Å². The molecular weight excluding hydrogens is 436 g/mol. The average Bonchev–Trinajstić information content (AvgIpc) is 3.18. The Balaban J connectivity index is 1.53. The normalized spacial score (nSPS) is 10.7. The summed E-state index contributed by atoms with van der Waals surface area (Å²) in [6, 6.07) is 25.7. The Morgan fingerprint density at radius 3 is 2.49 bits per heavy atom. The fourth-order valence-corrected chi connectivity index (χ4v) is 4.31. The maximum atomic E-state index is 12.3. The third-order valence-electron chi connectivity index (χ3n) is 5.86. The summed E-state index contributed by atoms with van der Waals surface area (Å²) in [6.07, 6.45) is 1.71. The van der Waals surface area contributed by atoms with E-state index in [1.165, 1.54) is 5.56 Å². The maximum absolute atomic E-state index is 12.3. The van der Waals surface area contributed by atoms with Crippen LogP contribution >= 0.6 is 0 Å². The van der Waals surface area contributed by atoms with Crippen LogP contribution in [0.1, 0.15) is 31.4 Å². The number of carbonyl (C=O) groups is 1. The van der Waals surface area contributed by atoms with Crippen molar-refractivity contribution in [1.82, 2.24) is 9.88 Å². The summed E-state index contributed by atoms with van der Waals surface area (Å²) in [4.78, 5) is 12.3. The van der Waals surface area contributed by atoms with E-state index in [0.717, 1.165) is 47.3 Å². The molecule has 0 aliphatic carbocycles. The number of nitriles is 1. The fourth-order valence-electron chi connectivity index (χ4n) is 4.31. The van der Waals surface area contributed by atoms with E-state index in [-0.39, 0.29) is 6.03 Å². The van der Waals surface area contributed by atoms with Crippen molar-refractivity contribution in [1.29, 1.82) is 5.26 Å². The summed E-state index contributed by atoms with van der Waals surface area (Å²) < 4.78 is 7.89. The molecule has 35 heavy (non-hydrogen) atoms. The Labute approximate surface area is 206 Å². The molecular formula is C29H30N4O2. The van der Waals surface area contributed by atoms with Crippen LogP contribution < -0.4 is 15.4 Å². The molecule has 0 spiro atoms. The smallest absolute Gasteiger partial charge is 0.319 e. The molecule has 6 heteroatoms. The number of carbonyl (C=O) groups excluding carboxylic acids is 1. The highest BCUT2D eigenvalue weighted by atomic mass is 16.5. The number of hydrogen-bond donors (Lipinski definition) is 2. The number of aryl methyl sites for hydroxylation is 1. The van der Waals surface area contributed by atoms with Gasteiger partial charge in [0.1, 0.15) is 11.8 Å². The number of urea groups is 1. The minimum Gasteiger partial charge on any atom is -0.494 e. The molecule has 0 atom stereocenters. The van der Waals surface area contributed by atoms with Crippen molar-refractivity contribution in [3.8, 4) is 23.1 Å². The lowest BCUT2D eigenvalue weighted by molar-refractivity contribution is 0.252. The molecule has 6 nitrogen and oxygen atoms in total. The van der Waals surface area contributed by atoms with Crippen molar-refractivity contribution < 1.29 is 9.53 Å². The summed E-state index contributed by atoms with van der Waals surface area (Å²) >= 11 is 0. The monoisotopic (exact) mass is 466 g/mol. The minimum atomic E-state index is -0.241. The zero-order chi connectivity index (χ0) is 24.6. The second-order valence-corrected chi connectivity index (χ2v) is 8.29. The molecule has 0 fully saturated rings. The van der Waals surface area contributed by atoms with Gasteiger partial charge in [0.25, 0.3) is 0 Å². The molecule has 4 rings (SSSR count). The van der Waals surface area contributed by atoms with Crippen molar-refractivity contribution in [2.45, 2.75) is 33.2 Å². The van der Waals surface area contributed by atoms with E-state index in [4.69, 9.17) is 4.74 Å². The Morgan fingerprint density at radius 1 is 1.03 bits per heavy atom. The number of benzene rings is 3. The molecule has 0 saturated carbocycles. The molecule has 0 radical (unpaired) electrons. The Bertz CT molecular complexity index is 1340. The Hall–Kier alpha value is -4.24. The Morgan fingerprint density at radius 2 is 1.80 bits per heavy atom. The highest BCUT2D eigenvalue weighted by molar-refractivity contribution is 5.96. The number of ether oxygens (including phenoxy) is 1. The van der Waals surface area contributed by atoms with E-state index in [1.807, 2.05) is 79.7 Å². The molecule has 0 bridgehead atoms. The number of aromatic nitrogens is 1. The van der Waals surface area contributed by atoms with Gasteiger partial charge in [-0.25, -0.2) is 4.79 Å². The third-order valence-corrected chi connectivity index (χ3v) is 5.86. The first kappa shape index (κ1) is 23.9. The molecule has 3 aromatic carbocycles. The molecule has 0 aliphatic rings. The van der Waals surface area contributed by atoms with E-state index in [2.05, 4.69) is 28.2 Å². The topological polar surface area (TPSA) is 79.1 Å². The standard InChI is InChI=1S/C29H30N4O2/c1-3-18-33-27-19-24(35-4-2)14-15-25(27)26(20-30)28(33)22-10-12-23(13-11-22)32-29(34)31-17-16-21-8-6-5-7-9-21/h5-15,19H,3-4,16-18H2,1-2H3,(H2,31,32,34). The Kier molecular flexibility index (Phi) is 7.69. The van der Waals surface area contributed by atoms with E-state index in [1.54, 1.807) is 0 Å². The number of nitrogens with zero attached hydrogens (tertiary/aromatic N) is 2. The average molecular weight is 467 g/mol. The van der Waals surface area contributed by atoms with Gasteiger partial charge < -0.3 is 19.9 Å². The van der Waals surface area contributed by atoms with Crippen LogP contribution in [-0.2, 0) is 13.0 Å². The predicted molar refractivity (Wildman–Crippen MR) is 141 cm³/mol. The van der Waals surface area contributed by atoms with Crippen LogP contribution in [-0.4, -0.2) is 23.7 Å². The molecule has 1 aromatic heterocycles. The van der Waals surface area contributed by atoms with E-state index in [0.29, 0.717) is 24.4 Å². The molecule has 1 heterocycles. The summed E-state index contributed by atoms with van der Waals surface area (Å²) in [6.45, 7) is 6.01. The largest absolute Gasteiger partial charge is 0.494 e. The van der Waals surface area contributed by atoms with Gasteiger partial charge in [-0.15, -0.1) is 0 Å². The molecule has 2 amide bonds. The van der Waals surface area contributed by atoms with Gasteiger partial charge in [-0.1, -0.05) is 49.4 Å². The number of rotatable bonds is 9. The van der Waals surface area contributed by atoms with Gasteiger partial charge in [0.2, 0.25) is 0 Å². The first-order valence-electron chi connectivity index (χ1n) is 12.0. The second-order valence-electron chi connectivity index (χ2n) is 8.29. The lowest BCUT2D eigenvalue weighted by atomic mass is 10.1. The highest BCUT2D eigenvalue weighted by Gasteiger charge is 2.19. The number of hydrogen-bond acceptors (Lipinski definition) is 3. The van der Waals surface area contributed by atoms with Gasteiger partial charge in [-0.05, 0) is 55.2 Å². The van der Waals surface area contributed by atoms with Gasteiger partial charge in [-0.3, -0.25) is 0 Å². The summed E-state index contributed by atoms with van der Waals surface area (Å²) in [5, 5.41) is 16.7. The lowest BCUT2D eigenvalue weighted by Gasteiger charge is -2.12. The van der Waals surface area contributed by atoms with Gasteiger partial charge >= 0.3 is 6.03 Å². The van der Waals surface area contributed by atoms with Crippen LogP contribution in [0.2, 0.25) is 0 Å². The lowest BCUT2D eigenvalue weighted by Crippen LogP contribution is -2.30. The van der Waals surface area contributed by atoms with Crippen molar-refractivity contribution in [3.63, 3.8) is 0 Å². The van der Waals surface area contributed by atoms with E-state index < -0.39 is 0 Å². The van der Waals surface area contributed by atoms with Crippen LogP contribution in [0.15, 0.2) is 72.8 Å². The van der Waals surface area contributed by atoms with E-state index in [9.17, 15) is 10.1 Å². The van der Waals surface area contributed by atoms with Gasteiger partial charge in [0.05, 0.1) is 23.4 Å². The molecule has 0 unspecified atom stereocenters. The first-order valence-corrected chi connectivity index (χ1v) is 12.0. The number of amides is 2. The number of anilines is 1. The SMILES string of the molecule is CCCn1c(-c2ccc(NC(=O)NCCc3ccccc3)cc2)c(C#N)c2ccc(OCC)cc21.